The molecule has 1 rings (SSSR count). The van der Waals surface area contributed by atoms with Crippen molar-refractivity contribution >= 4 is 6.08 Å². The lowest BCUT2D eigenvalue weighted by Crippen LogP contribution is -3.00. The van der Waals surface area contributed by atoms with E-state index in [9.17, 15) is 0 Å². The summed E-state index contributed by atoms with van der Waals surface area (Å²) in [6.07, 6.45) is 5.67. The van der Waals surface area contributed by atoms with E-state index in [-0.39, 0.29) is 17.0 Å². The summed E-state index contributed by atoms with van der Waals surface area (Å²) >= 11 is 0. The van der Waals surface area contributed by atoms with E-state index in [4.69, 9.17) is 4.74 Å². The minimum atomic E-state index is 0. The van der Waals surface area contributed by atoms with Crippen LogP contribution in [0.3, 0.4) is 0 Å². The Labute approximate surface area is 89.2 Å². The highest BCUT2D eigenvalue weighted by atomic mass is 79.9. The summed E-state index contributed by atoms with van der Waals surface area (Å²) in [5, 5.41) is 0. The van der Waals surface area contributed by atoms with Gasteiger partial charge in [-0.15, -0.1) is 0 Å². The number of nitrogens with zero attached hydrogens (tertiary/aromatic N) is 1. The zero-order valence-corrected chi connectivity index (χ0v) is 9.38. The Morgan fingerprint density at radius 3 is 3.08 bits per heavy atom. The summed E-state index contributed by atoms with van der Waals surface area (Å²) in [6, 6.07) is 0. The van der Waals surface area contributed by atoms with E-state index in [0.717, 1.165) is 25.6 Å². The maximum Gasteiger partial charge on any atom is 0.278 e. The fourth-order valence-electron chi connectivity index (χ4n) is 1.05. The topological polar surface area (TPSA) is 28.9 Å². The summed E-state index contributed by atoms with van der Waals surface area (Å²) in [6.45, 7) is 8.09. The van der Waals surface area contributed by atoms with Gasteiger partial charge in [-0.25, -0.2) is 9.55 Å². The van der Waals surface area contributed by atoms with E-state index in [1.807, 2.05) is 19.3 Å². The second kappa shape index (κ2) is 6.86. The summed E-state index contributed by atoms with van der Waals surface area (Å²) in [7, 11) is 0. The number of imidazole rings is 1. The zero-order chi connectivity index (χ0) is 8.81. The number of rotatable bonds is 5. The Bertz CT molecular complexity index is 248. The highest BCUT2D eigenvalue weighted by molar-refractivity contribution is 5.31. The van der Waals surface area contributed by atoms with Gasteiger partial charge in [0.2, 0.25) is 0 Å². The van der Waals surface area contributed by atoms with Crippen LogP contribution in [0.25, 0.3) is 6.08 Å². The summed E-state index contributed by atoms with van der Waals surface area (Å²) in [4.78, 5) is 3.07. The largest absolute Gasteiger partial charge is 1.00 e. The zero-order valence-electron chi connectivity index (χ0n) is 7.79. The average Bonchev–Trinajstić information content (AvgIpc) is 2.52. The van der Waals surface area contributed by atoms with Crippen LogP contribution in [0, 0.1) is 0 Å². The first-order valence-electron chi connectivity index (χ1n) is 4.15. The predicted molar refractivity (Wildman–Crippen MR) is 47.6 cm³/mol. The summed E-state index contributed by atoms with van der Waals surface area (Å²) < 4.78 is 7.31. The third-order valence-corrected chi connectivity index (χ3v) is 1.67. The molecule has 0 aliphatic carbocycles. The molecule has 0 radical (unpaired) electrons. The van der Waals surface area contributed by atoms with Crippen molar-refractivity contribution < 1.29 is 26.3 Å². The normalized spacial score (nSPS) is 9.31. The molecule has 3 nitrogen and oxygen atoms in total. The van der Waals surface area contributed by atoms with E-state index >= 15 is 0 Å². The fourth-order valence-corrected chi connectivity index (χ4v) is 1.05. The van der Waals surface area contributed by atoms with Crippen LogP contribution in [0.2, 0.25) is 0 Å². The van der Waals surface area contributed by atoms with E-state index in [1.165, 1.54) is 0 Å². The number of aromatic nitrogens is 2. The maximum atomic E-state index is 5.24. The summed E-state index contributed by atoms with van der Waals surface area (Å²) in [5.74, 6) is 1.02. The lowest BCUT2D eigenvalue weighted by molar-refractivity contribution is -0.698. The van der Waals surface area contributed by atoms with E-state index in [1.54, 1.807) is 6.08 Å². The fraction of sp³-hybridized carbons (Fsp3) is 0.444. The number of aromatic amines is 1. The third kappa shape index (κ3) is 3.74. The maximum absolute atomic E-state index is 5.24. The number of halogens is 1. The van der Waals surface area contributed by atoms with E-state index in [2.05, 4.69) is 16.1 Å². The van der Waals surface area contributed by atoms with Crippen LogP contribution in [0.4, 0.5) is 0 Å². The molecule has 0 aromatic carbocycles. The lowest BCUT2D eigenvalue weighted by atomic mass is 10.5. The molecule has 0 aliphatic rings. The Balaban J connectivity index is 0.00000144. The molecule has 0 aliphatic heterocycles. The molecule has 1 aromatic heterocycles. The number of hydrogen-bond acceptors (Lipinski definition) is 1. The Morgan fingerprint density at radius 1 is 1.69 bits per heavy atom. The van der Waals surface area contributed by atoms with Crippen molar-refractivity contribution in [3.63, 3.8) is 0 Å². The van der Waals surface area contributed by atoms with Gasteiger partial charge >= 0.3 is 0 Å². The number of nitrogens with one attached hydrogen (secondary N) is 1. The number of ether oxygens (including phenoxy) is 1. The Hall–Kier alpha value is -0.610. The minimum absolute atomic E-state index is 0. The van der Waals surface area contributed by atoms with Crippen molar-refractivity contribution in [2.24, 2.45) is 0 Å². The lowest BCUT2D eigenvalue weighted by Gasteiger charge is -1.98. The molecule has 4 heteroatoms. The van der Waals surface area contributed by atoms with Crippen molar-refractivity contribution in [1.29, 1.82) is 0 Å². The van der Waals surface area contributed by atoms with Gasteiger partial charge in [0.1, 0.15) is 18.9 Å². The first kappa shape index (κ1) is 12.4. The smallest absolute Gasteiger partial charge is 0.278 e. The third-order valence-electron chi connectivity index (χ3n) is 1.67. The van der Waals surface area contributed by atoms with Gasteiger partial charge in [0.05, 0.1) is 6.61 Å². The number of hydrogen-bond donors (Lipinski definition) is 1. The van der Waals surface area contributed by atoms with Gasteiger partial charge in [0.15, 0.2) is 0 Å². The molecule has 1 N–H and O–H groups in total. The molecule has 13 heavy (non-hydrogen) atoms. The molecule has 1 aromatic rings. The van der Waals surface area contributed by atoms with Crippen molar-refractivity contribution in [2.75, 3.05) is 13.2 Å². The van der Waals surface area contributed by atoms with Crippen LogP contribution < -0.4 is 21.5 Å². The van der Waals surface area contributed by atoms with Crippen LogP contribution in [0.5, 0.6) is 0 Å². The molecule has 1 heterocycles. The first-order valence-corrected chi connectivity index (χ1v) is 4.15. The van der Waals surface area contributed by atoms with Crippen molar-refractivity contribution in [3.8, 4) is 0 Å². The predicted octanol–water partition coefficient (Wildman–Crippen LogP) is -2.01. The van der Waals surface area contributed by atoms with Gasteiger partial charge in [-0.3, -0.25) is 0 Å². The molecule has 74 valence electrons. The van der Waals surface area contributed by atoms with Gasteiger partial charge in [-0.2, -0.15) is 0 Å². The number of H-pyrrole nitrogens is 1. The first-order chi connectivity index (χ1) is 5.88. The van der Waals surface area contributed by atoms with Crippen LogP contribution in [0.15, 0.2) is 19.0 Å². The van der Waals surface area contributed by atoms with Crippen molar-refractivity contribution in [3.05, 3.63) is 24.8 Å². The molecule has 0 saturated heterocycles. The van der Waals surface area contributed by atoms with Gasteiger partial charge < -0.3 is 21.7 Å². The van der Waals surface area contributed by atoms with Crippen LogP contribution in [-0.4, -0.2) is 18.2 Å². The molecule has 0 fully saturated rings. The Kier molecular flexibility index (Phi) is 6.54. The van der Waals surface area contributed by atoms with Crippen LogP contribution in [0.1, 0.15) is 12.7 Å². The van der Waals surface area contributed by atoms with Gasteiger partial charge in [0.25, 0.3) is 5.82 Å². The van der Waals surface area contributed by atoms with Crippen LogP contribution >= 0.6 is 0 Å². The molecular weight excluding hydrogens is 232 g/mol. The molecular formula is C9H15BrN2O. The SMILES string of the molecule is C=Cc1[nH]cc[n+]1CCOCC.[Br-]. The van der Waals surface area contributed by atoms with Gasteiger partial charge in [-0.1, -0.05) is 6.58 Å². The molecule has 0 bridgehead atoms. The Morgan fingerprint density at radius 2 is 2.46 bits per heavy atom. The minimum Gasteiger partial charge on any atom is -1.00 e. The van der Waals surface area contributed by atoms with E-state index < -0.39 is 0 Å². The standard InChI is InChI=1S/C9H14N2O.BrH/c1-3-9-10-5-6-11(9)7-8-12-4-2;/h3,5-6H,1,4,7-8H2,2H3;1H. The highest BCUT2D eigenvalue weighted by Gasteiger charge is 2.04. The van der Waals surface area contributed by atoms with Gasteiger partial charge in [0, 0.05) is 12.7 Å². The monoisotopic (exact) mass is 246 g/mol. The summed E-state index contributed by atoms with van der Waals surface area (Å²) in [5.41, 5.74) is 0. The molecule has 0 amide bonds. The van der Waals surface area contributed by atoms with Crippen molar-refractivity contribution in [1.82, 2.24) is 4.98 Å². The average molecular weight is 247 g/mol. The molecule has 0 atom stereocenters. The molecule has 0 saturated carbocycles. The molecule has 0 spiro atoms. The molecule has 0 unspecified atom stereocenters. The second-order valence-electron chi connectivity index (χ2n) is 2.44. The van der Waals surface area contributed by atoms with Crippen LogP contribution in [-0.2, 0) is 11.3 Å². The quantitative estimate of drug-likeness (QED) is 0.472. The second-order valence-corrected chi connectivity index (χ2v) is 2.44. The highest BCUT2D eigenvalue weighted by Crippen LogP contribution is 1.87. The van der Waals surface area contributed by atoms with Gasteiger partial charge in [-0.05, 0) is 6.92 Å². The van der Waals surface area contributed by atoms with E-state index in [0.29, 0.717) is 0 Å². The van der Waals surface area contributed by atoms with Crippen molar-refractivity contribution in [2.45, 2.75) is 13.5 Å².